The van der Waals surface area contributed by atoms with Gasteiger partial charge in [-0.3, -0.25) is 0 Å². The minimum absolute atomic E-state index is 0.252. The van der Waals surface area contributed by atoms with Gasteiger partial charge in [-0.1, -0.05) is 13.8 Å². The van der Waals surface area contributed by atoms with Crippen molar-refractivity contribution in [2.75, 3.05) is 11.4 Å². The topological polar surface area (TPSA) is 55.0 Å². The minimum Gasteiger partial charge on any atom is -0.353 e. The van der Waals surface area contributed by atoms with Crippen molar-refractivity contribution in [2.24, 2.45) is 5.73 Å². The molecule has 2 unspecified atom stereocenters. The third-order valence-electron chi connectivity index (χ3n) is 3.58. The van der Waals surface area contributed by atoms with E-state index in [1.807, 2.05) is 0 Å². The smallest absolute Gasteiger partial charge is 0.132 e. The minimum atomic E-state index is 0.252. The highest BCUT2D eigenvalue weighted by Gasteiger charge is 2.26. The first kappa shape index (κ1) is 13.3. The maximum atomic E-state index is 5.93. The third kappa shape index (κ3) is 2.99. The van der Waals surface area contributed by atoms with Gasteiger partial charge in [0.2, 0.25) is 0 Å². The van der Waals surface area contributed by atoms with Gasteiger partial charge in [-0.2, -0.15) is 0 Å². The molecule has 0 spiro atoms. The maximum Gasteiger partial charge on any atom is 0.132 e. The second-order valence-electron chi connectivity index (χ2n) is 5.66. The molecule has 0 aliphatic carbocycles. The molecule has 0 aromatic carbocycles. The summed E-state index contributed by atoms with van der Waals surface area (Å²) in [5.41, 5.74) is 7.05. The molecular weight excluding hydrogens is 224 g/mol. The number of nitrogens with zero attached hydrogens (tertiary/aromatic N) is 3. The van der Waals surface area contributed by atoms with Crippen LogP contribution in [0.2, 0.25) is 0 Å². The van der Waals surface area contributed by atoms with E-state index in [2.05, 4.69) is 41.7 Å². The van der Waals surface area contributed by atoms with Crippen LogP contribution in [0.1, 0.15) is 51.6 Å². The Morgan fingerprint density at radius 1 is 1.39 bits per heavy atom. The molecule has 0 amide bonds. The van der Waals surface area contributed by atoms with Crippen LogP contribution in [0.25, 0.3) is 0 Å². The van der Waals surface area contributed by atoms with Crippen LogP contribution in [0.15, 0.2) is 12.4 Å². The lowest BCUT2D eigenvalue weighted by atomic mass is 10.1. The van der Waals surface area contributed by atoms with Crippen molar-refractivity contribution in [3.8, 4) is 0 Å². The molecule has 2 N–H and O–H groups in total. The highest BCUT2D eigenvalue weighted by Crippen LogP contribution is 2.27. The average Bonchev–Trinajstić information content (AvgIpc) is 2.76. The lowest BCUT2D eigenvalue weighted by Gasteiger charge is -2.27. The first-order valence-corrected chi connectivity index (χ1v) is 6.92. The lowest BCUT2D eigenvalue weighted by Crippen LogP contribution is -2.34. The fourth-order valence-electron chi connectivity index (χ4n) is 2.65. The molecule has 0 bridgehead atoms. The van der Waals surface area contributed by atoms with Crippen molar-refractivity contribution in [2.45, 2.75) is 58.0 Å². The van der Waals surface area contributed by atoms with Crippen molar-refractivity contribution in [3.05, 3.63) is 18.1 Å². The van der Waals surface area contributed by atoms with Crippen LogP contribution in [0, 0.1) is 0 Å². The van der Waals surface area contributed by atoms with Gasteiger partial charge in [-0.25, -0.2) is 9.97 Å². The van der Waals surface area contributed by atoms with Gasteiger partial charge in [0.05, 0.1) is 0 Å². The summed E-state index contributed by atoms with van der Waals surface area (Å²) in [5, 5.41) is 0. The average molecular weight is 248 g/mol. The van der Waals surface area contributed by atoms with E-state index < -0.39 is 0 Å². The highest BCUT2D eigenvalue weighted by molar-refractivity contribution is 5.42. The van der Waals surface area contributed by atoms with Crippen LogP contribution in [0.3, 0.4) is 0 Å². The Morgan fingerprint density at radius 3 is 2.83 bits per heavy atom. The Balaban J connectivity index is 2.16. The second-order valence-corrected chi connectivity index (χ2v) is 5.66. The molecule has 100 valence electrons. The van der Waals surface area contributed by atoms with Crippen LogP contribution in [0.5, 0.6) is 0 Å². The van der Waals surface area contributed by atoms with Gasteiger partial charge in [0.25, 0.3) is 0 Å². The number of nitrogens with two attached hydrogens (primary N) is 1. The van der Waals surface area contributed by atoms with Gasteiger partial charge in [0.15, 0.2) is 0 Å². The van der Waals surface area contributed by atoms with Crippen LogP contribution in [0.4, 0.5) is 5.82 Å². The summed E-state index contributed by atoms with van der Waals surface area (Å²) in [7, 11) is 0. The predicted octanol–water partition coefficient (Wildman–Crippen LogP) is 2.31. The summed E-state index contributed by atoms with van der Waals surface area (Å²) in [6.07, 6.45) is 5.19. The molecule has 1 aliphatic rings. The van der Waals surface area contributed by atoms with E-state index in [0.29, 0.717) is 12.0 Å². The summed E-state index contributed by atoms with van der Waals surface area (Å²) >= 11 is 0. The van der Waals surface area contributed by atoms with Gasteiger partial charge in [0.1, 0.15) is 12.1 Å². The van der Waals surface area contributed by atoms with Gasteiger partial charge >= 0.3 is 0 Å². The van der Waals surface area contributed by atoms with E-state index in [1.165, 1.54) is 12.8 Å². The van der Waals surface area contributed by atoms with E-state index in [9.17, 15) is 0 Å². The zero-order valence-electron chi connectivity index (χ0n) is 11.6. The second kappa shape index (κ2) is 5.65. The monoisotopic (exact) mass is 248 g/mol. The lowest BCUT2D eigenvalue weighted by molar-refractivity contribution is 0.542. The first-order valence-electron chi connectivity index (χ1n) is 6.92. The molecule has 1 aromatic rings. The summed E-state index contributed by atoms with van der Waals surface area (Å²) in [6, 6.07) is 2.92. The van der Waals surface area contributed by atoms with Crippen molar-refractivity contribution < 1.29 is 0 Å². The first-order chi connectivity index (χ1) is 8.58. The molecule has 2 heterocycles. The van der Waals surface area contributed by atoms with Crippen LogP contribution in [-0.4, -0.2) is 28.6 Å². The molecule has 4 nitrogen and oxygen atoms in total. The number of anilines is 1. The molecule has 4 heteroatoms. The van der Waals surface area contributed by atoms with Crippen molar-refractivity contribution >= 4 is 5.82 Å². The summed E-state index contributed by atoms with van der Waals surface area (Å²) in [4.78, 5) is 11.2. The number of hydrogen-bond acceptors (Lipinski definition) is 4. The third-order valence-corrected chi connectivity index (χ3v) is 3.58. The van der Waals surface area contributed by atoms with Crippen LogP contribution in [-0.2, 0) is 0 Å². The normalized spacial score (nSPS) is 21.6. The Bertz CT molecular complexity index is 389. The van der Waals surface area contributed by atoms with Crippen molar-refractivity contribution in [1.82, 2.24) is 9.97 Å². The van der Waals surface area contributed by atoms with Gasteiger partial charge in [0, 0.05) is 30.4 Å². The molecule has 2 rings (SSSR count). The van der Waals surface area contributed by atoms with E-state index in [-0.39, 0.29) is 6.04 Å². The van der Waals surface area contributed by atoms with Gasteiger partial charge in [-0.05, 0) is 32.1 Å². The predicted molar refractivity (Wildman–Crippen MR) is 74.8 cm³/mol. The summed E-state index contributed by atoms with van der Waals surface area (Å²) in [6.45, 7) is 7.49. The van der Waals surface area contributed by atoms with Crippen molar-refractivity contribution in [3.63, 3.8) is 0 Å². The SMILES string of the molecule is CC(N)CC1CCCN1c1cc(C(C)C)ncn1. The molecule has 2 atom stereocenters. The zero-order chi connectivity index (χ0) is 13.1. The van der Waals surface area contributed by atoms with E-state index in [4.69, 9.17) is 5.73 Å². The quantitative estimate of drug-likeness (QED) is 0.888. The number of hydrogen-bond donors (Lipinski definition) is 1. The largest absolute Gasteiger partial charge is 0.353 e. The fraction of sp³-hybridized carbons (Fsp3) is 0.714. The van der Waals surface area contributed by atoms with Crippen molar-refractivity contribution in [1.29, 1.82) is 0 Å². The molecule has 1 fully saturated rings. The molecule has 18 heavy (non-hydrogen) atoms. The standard InChI is InChI=1S/C14H24N4/c1-10(2)13-8-14(17-9-16-13)18-6-4-5-12(18)7-11(3)15/h8-12H,4-7,15H2,1-3H3. The number of aromatic nitrogens is 2. The number of rotatable bonds is 4. The summed E-state index contributed by atoms with van der Waals surface area (Å²) < 4.78 is 0. The van der Waals surface area contributed by atoms with Gasteiger partial charge in [-0.15, -0.1) is 0 Å². The Hall–Kier alpha value is -1.16. The van der Waals surface area contributed by atoms with Crippen LogP contribution < -0.4 is 10.6 Å². The Kier molecular flexibility index (Phi) is 4.17. The molecule has 1 aromatic heterocycles. The molecular formula is C14H24N4. The fourth-order valence-corrected chi connectivity index (χ4v) is 2.65. The molecule has 1 saturated heterocycles. The Labute approximate surface area is 110 Å². The zero-order valence-corrected chi connectivity index (χ0v) is 11.6. The molecule has 1 aliphatic heterocycles. The highest BCUT2D eigenvalue weighted by atomic mass is 15.2. The molecule has 0 saturated carbocycles. The van der Waals surface area contributed by atoms with Crippen LogP contribution >= 0.6 is 0 Å². The van der Waals surface area contributed by atoms with E-state index in [1.54, 1.807) is 6.33 Å². The maximum absolute atomic E-state index is 5.93. The van der Waals surface area contributed by atoms with E-state index >= 15 is 0 Å². The summed E-state index contributed by atoms with van der Waals surface area (Å²) in [5.74, 6) is 1.51. The van der Waals surface area contributed by atoms with Gasteiger partial charge < -0.3 is 10.6 Å². The Morgan fingerprint density at radius 2 is 2.17 bits per heavy atom. The molecule has 0 radical (unpaired) electrons. The van der Waals surface area contributed by atoms with E-state index in [0.717, 1.165) is 24.5 Å².